The van der Waals surface area contributed by atoms with E-state index in [0.717, 1.165) is 12.0 Å². The summed E-state index contributed by atoms with van der Waals surface area (Å²) in [5.41, 5.74) is 1.51. The van der Waals surface area contributed by atoms with Crippen molar-refractivity contribution in [2.45, 2.75) is 19.4 Å². The van der Waals surface area contributed by atoms with Crippen LogP contribution in [0.2, 0.25) is 0 Å². The van der Waals surface area contributed by atoms with E-state index in [9.17, 15) is 4.79 Å². The minimum absolute atomic E-state index is 0.137. The quantitative estimate of drug-likeness (QED) is 0.659. The lowest BCUT2D eigenvalue weighted by molar-refractivity contribution is 0.0377. The maximum atomic E-state index is 11.5. The van der Waals surface area contributed by atoms with Crippen LogP contribution in [0.5, 0.6) is 11.5 Å². The molecule has 1 unspecified atom stereocenters. The van der Waals surface area contributed by atoms with Crippen LogP contribution in [0.25, 0.3) is 0 Å². The highest BCUT2D eigenvalue weighted by atomic mass is 16.7. The fourth-order valence-corrected chi connectivity index (χ4v) is 1.96. The van der Waals surface area contributed by atoms with E-state index in [1.807, 2.05) is 13.0 Å². The predicted octanol–water partition coefficient (Wildman–Crippen LogP) is 2.04. The molecule has 0 N–H and O–H groups in total. The summed E-state index contributed by atoms with van der Waals surface area (Å²) >= 11 is 0. The number of hydrogen-bond acceptors (Lipinski definition) is 4. The lowest BCUT2D eigenvalue weighted by atomic mass is 10.0. The molecule has 2 aliphatic heterocycles. The van der Waals surface area contributed by atoms with Crippen LogP contribution < -0.4 is 9.47 Å². The van der Waals surface area contributed by atoms with Crippen LogP contribution >= 0.6 is 0 Å². The molecule has 4 nitrogen and oxygen atoms in total. The van der Waals surface area contributed by atoms with Crippen molar-refractivity contribution in [3.05, 3.63) is 23.3 Å². The molecule has 4 heteroatoms. The third kappa shape index (κ3) is 1.11. The van der Waals surface area contributed by atoms with Crippen LogP contribution in [-0.4, -0.2) is 12.8 Å². The number of carbonyl (C=O) groups excluding carboxylic acids is 1. The summed E-state index contributed by atoms with van der Waals surface area (Å²) < 4.78 is 15.7. The molecule has 0 fully saturated rings. The zero-order chi connectivity index (χ0) is 10.4. The van der Waals surface area contributed by atoms with Crippen LogP contribution in [0.15, 0.2) is 12.1 Å². The molecule has 0 radical (unpaired) electrons. The Balaban J connectivity index is 2.15. The summed E-state index contributed by atoms with van der Waals surface area (Å²) in [6, 6.07) is 3.55. The monoisotopic (exact) mass is 206 g/mol. The van der Waals surface area contributed by atoms with Crippen LogP contribution in [0.1, 0.15) is 35.4 Å². The lowest BCUT2D eigenvalue weighted by Gasteiger charge is -2.06. The van der Waals surface area contributed by atoms with Crippen molar-refractivity contribution < 1.29 is 19.0 Å². The van der Waals surface area contributed by atoms with Crippen LogP contribution in [0.4, 0.5) is 0 Å². The Kier molecular flexibility index (Phi) is 1.65. The maximum absolute atomic E-state index is 11.5. The van der Waals surface area contributed by atoms with E-state index in [1.165, 1.54) is 0 Å². The van der Waals surface area contributed by atoms with E-state index in [-0.39, 0.29) is 18.9 Å². The topological polar surface area (TPSA) is 44.8 Å². The van der Waals surface area contributed by atoms with Gasteiger partial charge in [-0.3, -0.25) is 0 Å². The van der Waals surface area contributed by atoms with Crippen molar-refractivity contribution in [1.82, 2.24) is 0 Å². The van der Waals surface area contributed by atoms with Crippen molar-refractivity contribution >= 4 is 5.97 Å². The third-order valence-electron chi connectivity index (χ3n) is 2.73. The van der Waals surface area contributed by atoms with Gasteiger partial charge in [0, 0.05) is 5.56 Å². The molecule has 0 amide bonds. The number of carbonyl (C=O) groups is 1. The van der Waals surface area contributed by atoms with E-state index in [2.05, 4.69) is 0 Å². The Morgan fingerprint density at radius 2 is 2.07 bits per heavy atom. The molecule has 0 saturated carbocycles. The SMILES string of the molecule is CCC1OC(=O)c2cc3c(cc21)OCO3. The number of benzene rings is 1. The van der Waals surface area contributed by atoms with E-state index in [0.29, 0.717) is 17.1 Å². The average Bonchev–Trinajstić information content (AvgIpc) is 2.81. The Labute approximate surface area is 86.7 Å². The average molecular weight is 206 g/mol. The molecule has 0 bridgehead atoms. The Bertz CT molecular complexity index is 438. The Morgan fingerprint density at radius 3 is 2.80 bits per heavy atom. The largest absolute Gasteiger partial charge is 0.454 e. The zero-order valence-electron chi connectivity index (χ0n) is 8.28. The maximum Gasteiger partial charge on any atom is 0.339 e. The molecule has 0 aliphatic carbocycles. The summed E-state index contributed by atoms with van der Waals surface area (Å²) in [7, 11) is 0. The smallest absolute Gasteiger partial charge is 0.339 e. The molecule has 15 heavy (non-hydrogen) atoms. The highest BCUT2D eigenvalue weighted by Gasteiger charge is 2.32. The van der Waals surface area contributed by atoms with Gasteiger partial charge < -0.3 is 14.2 Å². The highest BCUT2D eigenvalue weighted by Crippen LogP contribution is 2.42. The summed E-state index contributed by atoms with van der Waals surface area (Å²) in [6.07, 6.45) is 0.639. The van der Waals surface area contributed by atoms with Gasteiger partial charge in [-0.05, 0) is 18.6 Å². The summed E-state index contributed by atoms with van der Waals surface area (Å²) in [5, 5.41) is 0. The van der Waals surface area contributed by atoms with E-state index in [1.54, 1.807) is 6.07 Å². The van der Waals surface area contributed by atoms with Gasteiger partial charge in [0.1, 0.15) is 6.10 Å². The van der Waals surface area contributed by atoms with E-state index >= 15 is 0 Å². The van der Waals surface area contributed by atoms with Gasteiger partial charge in [0.05, 0.1) is 5.56 Å². The summed E-state index contributed by atoms with van der Waals surface area (Å²) in [4.78, 5) is 11.5. The van der Waals surface area contributed by atoms with E-state index in [4.69, 9.17) is 14.2 Å². The van der Waals surface area contributed by atoms with E-state index < -0.39 is 0 Å². The molecule has 3 rings (SSSR count). The molecule has 78 valence electrons. The molecule has 0 saturated heterocycles. The summed E-state index contributed by atoms with van der Waals surface area (Å²) in [6.45, 7) is 2.21. The molecular formula is C11H10O4. The number of hydrogen-bond donors (Lipinski definition) is 0. The molecule has 1 aromatic carbocycles. The van der Waals surface area contributed by atoms with Crippen LogP contribution in [0, 0.1) is 0 Å². The molecule has 1 atom stereocenters. The van der Waals surface area contributed by atoms with Crippen molar-refractivity contribution in [2.75, 3.05) is 6.79 Å². The van der Waals surface area contributed by atoms with Gasteiger partial charge >= 0.3 is 5.97 Å². The number of rotatable bonds is 1. The van der Waals surface area contributed by atoms with Gasteiger partial charge in [0.2, 0.25) is 6.79 Å². The van der Waals surface area contributed by atoms with Crippen LogP contribution in [0.3, 0.4) is 0 Å². The molecular weight excluding hydrogens is 196 g/mol. The standard InChI is InChI=1S/C11H10O4/c1-2-8-6-3-9-10(14-5-13-9)4-7(6)11(12)15-8/h3-4,8H,2,5H2,1H3. The minimum Gasteiger partial charge on any atom is -0.454 e. The first-order valence-electron chi connectivity index (χ1n) is 4.94. The van der Waals surface area contributed by atoms with Gasteiger partial charge in [-0.25, -0.2) is 4.79 Å². The van der Waals surface area contributed by atoms with Crippen molar-refractivity contribution in [3.8, 4) is 11.5 Å². The highest BCUT2D eigenvalue weighted by molar-refractivity contribution is 5.95. The Hall–Kier alpha value is -1.71. The molecule has 2 aliphatic rings. The second kappa shape index (κ2) is 2.89. The molecule has 0 aromatic heterocycles. The lowest BCUT2D eigenvalue weighted by Crippen LogP contribution is -1.97. The first-order valence-corrected chi connectivity index (χ1v) is 4.94. The fraction of sp³-hybridized carbons (Fsp3) is 0.364. The summed E-state index contributed by atoms with van der Waals surface area (Å²) in [5.74, 6) is 1.06. The third-order valence-corrected chi connectivity index (χ3v) is 2.73. The normalized spacial score (nSPS) is 21.4. The number of esters is 1. The molecule has 0 spiro atoms. The van der Waals surface area contributed by atoms with Gasteiger partial charge in [-0.1, -0.05) is 6.92 Å². The first-order chi connectivity index (χ1) is 7.29. The molecule has 1 aromatic rings. The number of ether oxygens (including phenoxy) is 3. The zero-order valence-corrected chi connectivity index (χ0v) is 8.28. The minimum atomic E-state index is -0.268. The van der Waals surface area contributed by atoms with Crippen LogP contribution in [-0.2, 0) is 4.74 Å². The van der Waals surface area contributed by atoms with Crippen molar-refractivity contribution in [3.63, 3.8) is 0 Å². The second-order valence-corrected chi connectivity index (χ2v) is 3.59. The number of cyclic esters (lactones) is 1. The van der Waals surface area contributed by atoms with Gasteiger partial charge in [0.15, 0.2) is 11.5 Å². The first kappa shape index (κ1) is 8.59. The Morgan fingerprint density at radius 1 is 1.33 bits per heavy atom. The predicted molar refractivity (Wildman–Crippen MR) is 51.0 cm³/mol. The van der Waals surface area contributed by atoms with Crippen molar-refractivity contribution in [2.24, 2.45) is 0 Å². The van der Waals surface area contributed by atoms with Crippen molar-refractivity contribution in [1.29, 1.82) is 0 Å². The number of fused-ring (bicyclic) bond motifs is 2. The van der Waals surface area contributed by atoms with Gasteiger partial charge in [-0.2, -0.15) is 0 Å². The van der Waals surface area contributed by atoms with Gasteiger partial charge in [-0.15, -0.1) is 0 Å². The van der Waals surface area contributed by atoms with Gasteiger partial charge in [0.25, 0.3) is 0 Å². The fourth-order valence-electron chi connectivity index (χ4n) is 1.96. The molecule has 2 heterocycles. The second-order valence-electron chi connectivity index (χ2n) is 3.59.